The highest BCUT2D eigenvalue weighted by molar-refractivity contribution is 5.27. The first-order valence-corrected chi connectivity index (χ1v) is 5.15. The van der Waals surface area contributed by atoms with E-state index in [9.17, 15) is 4.39 Å². The second-order valence-electron chi connectivity index (χ2n) is 3.57. The largest absolute Gasteiger partial charge is 0.433 e. The number of hydrogen-bond donors (Lipinski definition) is 1. The molecule has 1 N–H and O–H groups in total. The maximum absolute atomic E-state index is 13.9. The minimum atomic E-state index is -0.453. The maximum atomic E-state index is 13.9. The van der Waals surface area contributed by atoms with E-state index in [1.165, 1.54) is 12.4 Å². The van der Waals surface area contributed by atoms with Crippen LogP contribution < -0.4 is 10.1 Å². The SMILES string of the molecule is CNCc1ccnc(Oc2cnn(C)c2)c1F. The topological polar surface area (TPSA) is 52.0 Å². The lowest BCUT2D eigenvalue weighted by Gasteiger charge is -2.06. The van der Waals surface area contributed by atoms with Crippen molar-refractivity contribution in [2.75, 3.05) is 7.05 Å². The molecule has 2 heterocycles. The molecule has 0 aromatic carbocycles. The van der Waals surface area contributed by atoms with Crippen molar-refractivity contribution in [3.05, 3.63) is 36.0 Å². The average Bonchev–Trinajstić information content (AvgIpc) is 2.70. The van der Waals surface area contributed by atoms with Crippen LogP contribution in [0.5, 0.6) is 11.6 Å². The summed E-state index contributed by atoms with van der Waals surface area (Å²) in [6, 6.07) is 1.61. The summed E-state index contributed by atoms with van der Waals surface area (Å²) in [6.45, 7) is 0.428. The van der Waals surface area contributed by atoms with Crippen molar-refractivity contribution in [2.45, 2.75) is 6.54 Å². The van der Waals surface area contributed by atoms with Crippen LogP contribution in [-0.4, -0.2) is 21.8 Å². The quantitative estimate of drug-likeness (QED) is 0.873. The molecule has 6 heteroatoms. The Morgan fingerprint density at radius 1 is 1.53 bits per heavy atom. The second kappa shape index (κ2) is 4.92. The molecule has 2 aromatic heterocycles. The highest BCUT2D eigenvalue weighted by atomic mass is 19.1. The number of hydrogen-bond acceptors (Lipinski definition) is 4. The first-order chi connectivity index (χ1) is 8.20. The van der Waals surface area contributed by atoms with Gasteiger partial charge in [0.25, 0.3) is 5.88 Å². The summed E-state index contributed by atoms with van der Waals surface area (Å²) < 4.78 is 20.8. The Bertz CT molecular complexity index is 512. The molecule has 0 radical (unpaired) electrons. The molecule has 0 fully saturated rings. The summed E-state index contributed by atoms with van der Waals surface area (Å²) in [6.07, 6.45) is 4.67. The van der Waals surface area contributed by atoms with Crippen molar-refractivity contribution < 1.29 is 9.13 Å². The molecule has 5 nitrogen and oxygen atoms in total. The van der Waals surface area contributed by atoms with Gasteiger partial charge in [-0.2, -0.15) is 5.10 Å². The Balaban J connectivity index is 2.23. The number of aromatic nitrogens is 3. The van der Waals surface area contributed by atoms with Gasteiger partial charge in [-0.15, -0.1) is 0 Å². The fraction of sp³-hybridized carbons (Fsp3) is 0.273. The minimum Gasteiger partial charge on any atom is -0.433 e. The summed E-state index contributed by atoms with van der Waals surface area (Å²) >= 11 is 0. The van der Waals surface area contributed by atoms with Gasteiger partial charge in [-0.3, -0.25) is 4.68 Å². The van der Waals surface area contributed by atoms with Crippen LogP contribution in [0.2, 0.25) is 0 Å². The average molecular weight is 236 g/mol. The zero-order valence-corrected chi connectivity index (χ0v) is 9.64. The van der Waals surface area contributed by atoms with Crippen LogP contribution in [-0.2, 0) is 13.6 Å². The van der Waals surface area contributed by atoms with E-state index in [1.54, 1.807) is 31.0 Å². The van der Waals surface area contributed by atoms with Gasteiger partial charge in [-0.25, -0.2) is 9.37 Å². The second-order valence-corrected chi connectivity index (χ2v) is 3.57. The molecule has 0 unspecified atom stereocenters. The molecular weight excluding hydrogens is 223 g/mol. The van der Waals surface area contributed by atoms with Crippen molar-refractivity contribution in [2.24, 2.45) is 7.05 Å². The zero-order chi connectivity index (χ0) is 12.3. The highest BCUT2D eigenvalue weighted by Crippen LogP contribution is 2.23. The molecule has 0 atom stereocenters. The molecular formula is C11H13FN4O. The van der Waals surface area contributed by atoms with Crippen LogP contribution in [0.3, 0.4) is 0 Å². The third-order valence-corrected chi connectivity index (χ3v) is 2.20. The predicted octanol–water partition coefficient (Wildman–Crippen LogP) is 1.47. The van der Waals surface area contributed by atoms with Gasteiger partial charge in [0.1, 0.15) is 0 Å². The van der Waals surface area contributed by atoms with Crippen LogP contribution >= 0.6 is 0 Å². The van der Waals surface area contributed by atoms with Crippen LogP contribution in [0, 0.1) is 5.82 Å². The third kappa shape index (κ3) is 2.59. The number of aryl methyl sites for hydroxylation is 1. The molecule has 0 saturated carbocycles. The molecule has 0 aliphatic rings. The molecule has 0 aliphatic heterocycles. The summed E-state index contributed by atoms with van der Waals surface area (Å²) in [5.41, 5.74) is 0.515. The smallest absolute Gasteiger partial charge is 0.256 e. The van der Waals surface area contributed by atoms with Crippen LogP contribution in [0.4, 0.5) is 4.39 Å². The molecule has 0 bridgehead atoms. The van der Waals surface area contributed by atoms with E-state index in [-0.39, 0.29) is 5.88 Å². The molecule has 2 aromatic rings. The first kappa shape index (κ1) is 11.5. The lowest BCUT2D eigenvalue weighted by atomic mass is 10.2. The minimum absolute atomic E-state index is 0.0363. The molecule has 2 rings (SSSR count). The summed E-state index contributed by atoms with van der Waals surface area (Å²) in [7, 11) is 3.51. The van der Waals surface area contributed by atoms with Gasteiger partial charge < -0.3 is 10.1 Å². The fourth-order valence-electron chi connectivity index (χ4n) is 1.42. The van der Waals surface area contributed by atoms with Crippen molar-refractivity contribution in [3.63, 3.8) is 0 Å². The fourth-order valence-corrected chi connectivity index (χ4v) is 1.42. The standard InChI is InChI=1S/C11H13FN4O/c1-13-5-8-3-4-14-11(10(8)12)17-9-6-15-16(2)7-9/h3-4,6-7,13H,5H2,1-2H3. The monoisotopic (exact) mass is 236 g/mol. The van der Waals surface area contributed by atoms with Crippen molar-refractivity contribution in [3.8, 4) is 11.6 Å². The highest BCUT2D eigenvalue weighted by Gasteiger charge is 2.11. The van der Waals surface area contributed by atoms with E-state index in [0.717, 1.165) is 0 Å². The Labute approximate surface area is 98.2 Å². The molecule has 17 heavy (non-hydrogen) atoms. The van der Waals surface area contributed by atoms with Gasteiger partial charge in [0, 0.05) is 25.4 Å². The normalized spacial score (nSPS) is 10.5. The number of nitrogens with zero attached hydrogens (tertiary/aromatic N) is 3. The third-order valence-electron chi connectivity index (χ3n) is 2.20. The van der Waals surface area contributed by atoms with Gasteiger partial charge in [-0.05, 0) is 13.1 Å². The van der Waals surface area contributed by atoms with E-state index >= 15 is 0 Å². The Morgan fingerprint density at radius 3 is 3.00 bits per heavy atom. The Morgan fingerprint density at radius 2 is 2.35 bits per heavy atom. The summed E-state index contributed by atoms with van der Waals surface area (Å²) in [5.74, 6) is -0.0306. The summed E-state index contributed by atoms with van der Waals surface area (Å²) in [4.78, 5) is 3.86. The molecule has 0 aliphatic carbocycles. The van der Waals surface area contributed by atoms with Gasteiger partial charge in [0.15, 0.2) is 11.6 Å². The Kier molecular flexibility index (Phi) is 3.34. The van der Waals surface area contributed by atoms with E-state index in [0.29, 0.717) is 17.9 Å². The maximum Gasteiger partial charge on any atom is 0.256 e. The molecule has 0 spiro atoms. The van der Waals surface area contributed by atoms with Crippen molar-refractivity contribution in [1.29, 1.82) is 0 Å². The van der Waals surface area contributed by atoms with E-state index in [2.05, 4.69) is 15.4 Å². The van der Waals surface area contributed by atoms with Crippen LogP contribution in [0.1, 0.15) is 5.56 Å². The van der Waals surface area contributed by atoms with Crippen LogP contribution in [0.15, 0.2) is 24.7 Å². The predicted molar refractivity (Wildman–Crippen MR) is 60.2 cm³/mol. The lowest BCUT2D eigenvalue weighted by Crippen LogP contribution is -2.08. The number of ether oxygens (including phenoxy) is 1. The van der Waals surface area contributed by atoms with Gasteiger partial charge >= 0.3 is 0 Å². The van der Waals surface area contributed by atoms with E-state index in [1.807, 2.05) is 0 Å². The first-order valence-electron chi connectivity index (χ1n) is 5.15. The van der Waals surface area contributed by atoms with Crippen molar-refractivity contribution in [1.82, 2.24) is 20.1 Å². The van der Waals surface area contributed by atoms with Crippen LogP contribution in [0.25, 0.3) is 0 Å². The molecule has 0 amide bonds. The van der Waals surface area contributed by atoms with Gasteiger partial charge in [0.05, 0.1) is 12.4 Å². The van der Waals surface area contributed by atoms with Gasteiger partial charge in [0.2, 0.25) is 0 Å². The van der Waals surface area contributed by atoms with E-state index in [4.69, 9.17) is 4.74 Å². The number of pyridine rings is 1. The van der Waals surface area contributed by atoms with E-state index < -0.39 is 5.82 Å². The molecule has 90 valence electrons. The summed E-state index contributed by atoms with van der Waals surface area (Å²) in [5, 5.41) is 6.81. The zero-order valence-electron chi connectivity index (χ0n) is 9.64. The number of halogens is 1. The van der Waals surface area contributed by atoms with Crippen molar-refractivity contribution >= 4 is 0 Å². The van der Waals surface area contributed by atoms with Gasteiger partial charge in [-0.1, -0.05) is 0 Å². The number of nitrogens with one attached hydrogen (secondary N) is 1. The lowest BCUT2D eigenvalue weighted by molar-refractivity contribution is 0.417. The Hall–Kier alpha value is -1.95. The molecule has 0 saturated heterocycles. The number of rotatable bonds is 4.